The summed E-state index contributed by atoms with van der Waals surface area (Å²) in [5.74, 6) is 0.00685. The van der Waals surface area contributed by atoms with E-state index >= 15 is 0 Å². The number of hydrogen-bond acceptors (Lipinski definition) is 4. The lowest BCUT2D eigenvalue weighted by atomic mass is 10.1. The number of fused-ring (bicyclic) bond motifs is 1. The van der Waals surface area contributed by atoms with E-state index < -0.39 is 5.60 Å². The van der Waals surface area contributed by atoms with E-state index in [2.05, 4.69) is 5.32 Å². The lowest BCUT2D eigenvalue weighted by Crippen LogP contribution is -2.39. The Hall–Kier alpha value is -2.01. The summed E-state index contributed by atoms with van der Waals surface area (Å²) >= 11 is 0. The molecule has 2 aromatic rings. The van der Waals surface area contributed by atoms with E-state index in [4.69, 9.17) is 14.9 Å². The van der Waals surface area contributed by atoms with Crippen molar-refractivity contribution in [2.75, 3.05) is 19.4 Å². The second-order valence-electron chi connectivity index (χ2n) is 5.05. The number of nitrogen functional groups attached to an aromatic ring is 1. The van der Waals surface area contributed by atoms with Crippen LogP contribution in [-0.4, -0.2) is 25.2 Å². The van der Waals surface area contributed by atoms with Gasteiger partial charge in [-0.05, 0) is 38.1 Å². The third-order valence-electron chi connectivity index (χ3n) is 2.99. The summed E-state index contributed by atoms with van der Waals surface area (Å²) in [5, 5.41) is 3.59. The van der Waals surface area contributed by atoms with Gasteiger partial charge in [-0.3, -0.25) is 4.79 Å². The molecule has 1 amide bonds. The highest BCUT2D eigenvalue weighted by Gasteiger charge is 2.19. The molecule has 0 fully saturated rings. The number of benzene rings is 1. The van der Waals surface area contributed by atoms with Crippen LogP contribution in [0.1, 0.15) is 24.4 Å². The molecule has 0 radical (unpaired) electrons. The van der Waals surface area contributed by atoms with E-state index in [1.807, 2.05) is 13.8 Å². The number of hydrogen-bond donors (Lipinski definition) is 2. The molecule has 102 valence electrons. The van der Waals surface area contributed by atoms with E-state index in [1.54, 1.807) is 31.4 Å². The van der Waals surface area contributed by atoms with Crippen molar-refractivity contribution in [2.24, 2.45) is 0 Å². The first-order valence-corrected chi connectivity index (χ1v) is 6.04. The van der Waals surface area contributed by atoms with Gasteiger partial charge in [0.05, 0.1) is 5.60 Å². The first-order chi connectivity index (χ1) is 8.91. The molecule has 1 aromatic heterocycles. The molecule has 5 heteroatoms. The van der Waals surface area contributed by atoms with Gasteiger partial charge in [0.15, 0.2) is 5.76 Å². The van der Waals surface area contributed by atoms with Crippen LogP contribution in [0.4, 0.5) is 5.69 Å². The molecule has 5 nitrogen and oxygen atoms in total. The number of carbonyl (C=O) groups is 1. The minimum atomic E-state index is -0.411. The predicted octanol–water partition coefficient (Wildman–Crippen LogP) is 2.17. The number of nitrogens with one attached hydrogen (secondary N) is 1. The fraction of sp³-hybridized carbons (Fsp3) is 0.357. The van der Waals surface area contributed by atoms with Crippen LogP contribution in [0.25, 0.3) is 11.0 Å². The molecule has 0 saturated carbocycles. The van der Waals surface area contributed by atoms with E-state index in [0.717, 1.165) is 5.39 Å². The smallest absolute Gasteiger partial charge is 0.287 e. The van der Waals surface area contributed by atoms with Gasteiger partial charge in [0.25, 0.3) is 5.91 Å². The molecular weight excluding hydrogens is 244 g/mol. The molecular formula is C14H18N2O3. The number of rotatable bonds is 4. The number of furan rings is 1. The molecule has 0 atom stereocenters. The maximum absolute atomic E-state index is 12.0. The lowest BCUT2D eigenvalue weighted by Gasteiger charge is -2.22. The maximum Gasteiger partial charge on any atom is 0.287 e. The Morgan fingerprint density at radius 1 is 1.42 bits per heavy atom. The summed E-state index contributed by atoms with van der Waals surface area (Å²) in [6.45, 7) is 4.20. The van der Waals surface area contributed by atoms with Crippen molar-refractivity contribution in [3.63, 3.8) is 0 Å². The van der Waals surface area contributed by atoms with Gasteiger partial charge in [0, 0.05) is 24.7 Å². The van der Waals surface area contributed by atoms with Crippen molar-refractivity contribution in [3.8, 4) is 0 Å². The third kappa shape index (κ3) is 3.06. The number of nitrogens with two attached hydrogens (primary N) is 1. The summed E-state index contributed by atoms with van der Waals surface area (Å²) in [6.07, 6.45) is 0. The lowest BCUT2D eigenvalue weighted by molar-refractivity contribution is 0.0226. The highest BCUT2D eigenvalue weighted by Crippen LogP contribution is 2.21. The normalized spacial score (nSPS) is 11.7. The Kier molecular flexibility index (Phi) is 3.48. The zero-order valence-electron chi connectivity index (χ0n) is 11.3. The summed E-state index contributed by atoms with van der Waals surface area (Å²) in [6, 6.07) is 6.94. The molecule has 1 aromatic carbocycles. The summed E-state index contributed by atoms with van der Waals surface area (Å²) < 4.78 is 10.7. The molecule has 0 unspecified atom stereocenters. The van der Waals surface area contributed by atoms with Gasteiger partial charge in [-0.2, -0.15) is 0 Å². The second kappa shape index (κ2) is 4.93. The Morgan fingerprint density at radius 2 is 2.16 bits per heavy atom. The quantitative estimate of drug-likeness (QED) is 0.828. The highest BCUT2D eigenvalue weighted by molar-refractivity contribution is 5.96. The van der Waals surface area contributed by atoms with E-state index in [9.17, 15) is 4.79 Å². The number of anilines is 1. The number of amides is 1. The average molecular weight is 262 g/mol. The topological polar surface area (TPSA) is 77.5 Å². The van der Waals surface area contributed by atoms with Crippen LogP contribution >= 0.6 is 0 Å². The van der Waals surface area contributed by atoms with E-state index in [0.29, 0.717) is 17.8 Å². The van der Waals surface area contributed by atoms with Crippen LogP contribution in [0.15, 0.2) is 28.7 Å². The Bertz CT molecular complexity index is 602. The van der Waals surface area contributed by atoms with E-state index in [1.165, 1.54) is 0 Å². The zero-order valence-corrected chi connectivity index (χ0v) is 11.3. The number of methoxy groups -OCH3 is 1. The number of ether oxygens (including phenoxy) is 1. The van der Waals surface area contributed by atoms with Gasteiger partial charge in [-0.1, -0.05) is 0 Å². The van der Waals surface area contributed by atoms with Gasteiger partial charge in [0.2, 0.25) is 0 Å². The summed E-state index contributed by atoms with van der Waals surface area (Å²) in [7, 11) is 1.61. The third-order valence-corrected chi connectivity index (χ3v) is 2.99. The monoisotopic (exact) mass is 262 g/mol. The molecule has 0 aliphatic rings. The van der Waals surface area contributed by atoms with Crippen LogP contribution in [0.3, 0.4) is 0 Å². The van der Waals surface area contributed by atoms with Crippen molar-refractivity contribution < 1.29 is 13.9 Å². The van der Waals surface area contributed by atoms with E-state index in [-0.39, 0.29) is 11.7 Å². The van der Waals surface area contributed by atoms with Crippen LogP contribution in [0.5, 0.6) is 0 Å². The van der Waals surface area contributed by atoms with Crippen LogP contribution in [0.2, 0.25) is 0 Å². The molecule has 0 saturated heterocycles. The van der Waals surface area contributed by atoms with Crippen LogP contribution < -0.4 is 11.1 Å². The Morgan fingerprint density at radius 3 is 2.84 bits per heavy atom. The molecule has 0 aliphatic heterocycles. The predicted molar refractivity (Wildman–Crippen MR) is 74.0 cm³/mol. The van der Waals surface area contributed by atoms with Crippen molar-refractivity contribution in [1.82, 2.24) is 5.32 Å². The molecule has 3 N–H and O–H groups in total. The van der Waals surface area contributed by atoms with Crippen molar-refractivity contribution >= 4 is 22.6 Å². The first-order valence-electron chi connectivity index (χ1n) is 6.04. The molecule has 0 bridgehead atoms. The van der Waals surface area contributed by atoms with Gasteiger partial charge in [0.1, 0.15) is 5.58 Å². The first kappa shape index (κ1) is 13.4. The molecule has 0 aliphatic carbocycles. The molecule has 19 heavy (non-hydrogen) atoms. The van der Waals surface area contributed by atoms with Crippen molar-refractivity contribution in [2.45, 2.75) is 19.4 Å². The Labute approximate surface area is 111 Å². The van der Waals surface area contributed by atoms with Gasteiger partial charge >= 0.3 is 0 Å². The minimum absolute atomic E-state index is 0.264. The summed E-state index contributed by atoms with van der Waals surface area (Å²) in [5.41, 5.74) is 6.56. The van der Waals surface area contributed by atoms with Gasteiger partial charge < -0.3 is 20.2 Å². The SMILES string of the molecule is COC(C)(C)CNC(=O)c1cc2cc(N)ccc2o1. The Balaban J connectivity index is 2.13. The van der Waals surface area contributed by atoms with Gasteiger partial charge in [-0.15, -0.1) is 0 Å². The average Bonchev–Trinajstić information content (AvgIpc) is 2.79. The highest BCUT2D eigenvalue weighted by atomic mass is 16.5. The fourth-order valence-corrected chi connectivity index (χ4v) is 1.63. The van der Waals surface area contributed by atoms with Gasteiger partial charge in [-0.25, -0.2) is 0 Å². The maximum atomic E-state index is 12.0. The van der Waals surface area contributed by atoms with Crippen molar-refractivity contribution in [3.05, 3.63) is 30.0 Å². The van der Waals surface area contributed by atoms with Crippen LogP contribution in [-0.2, 0) is 4.74 Å². The van der Waals surface area contributed by atoms with Crippen molar-refractivity contribution in [1.29, 1.82) is 0 Å². The number of carbonyl (C=O) groups excluding carboxylic acids is 1. The van der Waals surface area contributed by atoms with Crippen LogP contribution in [0, 0.1) is 0 Å². The largest absolute Gasteiger partial charge is 0.451 e. The molecule has 2 rings (SSSR count). The summed E-state index contributed by atoms with van der Waals surface area (Å²) in [4.78, 5) is 12.0. The molecule has 1 heterocycles. The minimum Gasteiger partial charge on any atom is -0.451 e. The fourth-order valence-electron chi connectivity index (χ4n) is 1.63. The molecule has 0 spiro atoms. The second-order valence-corrected chi connectivity index (χ2v) is 5.05. The standard InChI is InChI=1S/C14H18N2O3/c1-14(2,18-3)8-16-13(17)12-7-9-6-10(15)4-5-11(9)19-12/h4-7H,8,15H2,1-3H3,(H,16,17). The zero-order chi connectivity index (χ0) is 14.0.